The standard InChI is InChI=1S/C16H22N2O2/c1-11(14-7-5-4-6-8-14)9-10-18-13(3)15(19)17-12(2)16(18)20/h4-8,11-13H,9-10H2,1-3H3,(H,17,19). The highest BCUT2D eigenvalue weighted by molar-refractivity contribution is 5.96. The van der Waals surface area contributed by atoms with Gasteiger partial charge in [0.05, 0.1) is 0 Å². The Bertz CT molecular complexity index is 487. The van der Waals surface area contributed by atoms with Gasteiger partial charge in [-0.05, 0) is 31.7 Å². The Labute approximate surface area is 120 Å². The van der Waals surface area contributed by atoms with E-state index in [2.05, 4.69) is 24.4 Å². The third kappa shape index (κ3) is 3.00. The Morgan fingerprint density at radius 2 is 1.85 bits per heavy atom. The summed E-state index contributed by atoms with van der Waals surface area (Å²) in [6, 6.07) is 9.46. The lowest BCUT2D eigenvalue weighted by Crippen LogP contribution is -2.61. The first-order chi connectivity index (χ1) is 9.50. The number of hydrogen-bond acceptors (Lipinski definition) is 2. The van der Waals surface area contributed by atoms with E-state index in [1.807, 2.05) is 18.2 Å². The summed E-state index contributed by atoms with van der Waals surface area (Å²) in [6.45, 7) is 6.29. The van der Waals surface area contributed by atoms with Crippen LogP contribution in [-0.2, 0) is 9.59 Å². The van der Waals surface area contributed by atoms with Crippen molar-refractivity contribution in [2.75, 3.05) is 6.54 Å². The maximum Gasteiger partial charge on any atom is 0.245 e. The molecule has 1 aromatic rings. The third-order valence-corrected chi connectivity index (χ3v) is 4.03. The molecule has 2 amide bonds. The highest BCUT2D eigenvalue weighted by Crippen LogP contribution is 2.20. The predicted octanol–water partition coefficient (Wildman–Crippen LogP) is 1.92. The molecule has 108 valence electrons. The summed E-state index contributed by atoms with van der Waals surface area (Å²) in [5, 5.41) is 2.70. The average Bonchev–Trinajstić information content (AvgIpc) is 2.46. The predicted molar refractivity (Wildman–Crippen MR) is 78.3 cm³/mol. The zero-order chi connectivity index (χ0) is 14.7. The zero-order valence-corrected chi connectivity index (χ0v) is 12.3. The molecule has 1 aliphatic heterocycles. The molecular formula is C16H22N2O2. The van der Waals surface area contributed by atoms with Gasteiger partial charge in [-0.2, -0.15) is 0 Å². The molecule has 0 aliphatic carbocycles. The van der Waals surface area contributed by atoms with E-state index in [1.54, 1.807) is 18.7 Å². The molecular weight excluding hydrogens is 252 g/mol. The van der Waals surface area contributed by atoms with Gasteiger partial charge in [0.2, 0.25) is 11.8 Å². The molecule has 1 N–H and O–H groups in total. The van der Waals surface area contributed by atoms with Crippen LogP contribution in [0.2, 0.25) is 0 Å². The summed E-state index contributed by atoms with van der Waals surface area (Å²) < 4.78 is 0. The number of benzene rings is 1. The number of carbonyl (C=O) groups is 2. The smallest absolute Gasteiger partial charge is 0.245 e. The Morgan fingerprint density at radius 3 is 2.50 bits per heavy atom. The minimum Gasteiger partial charge on any atom is -0.343 e. The molecule has 0 radical (unpaired) electrons. The van der Waals surface area contributed by atoms with Crippen molar-refractivity contribution < 1.29 is 9.59 Å². The topological polar surface area (TPSA) is 49.4 Å². The second-order valence-electron chi connectivity index (χ2n) is 5.54. The van der Waals surface area contributed by atoms with Gasteiger partial charge < -0.3 is 10.2 Å². The van der Waals surface area contributed by atoms with E-state index in [0.29, 0.717) is 12.5 Å². The summed E-state index contributed by atoms with van der Waals surface area (Å²) >= 11 is 0. The molecule has 4 nitrogen and oxygen atoms in total. The van der Waals surface area contributed by atoms with Crippen LogP contribution in [-0.4, -0.2) is 35.3 Å². The second kappa shape index (κ2) is 6.07. The van der Waals surface area contributed by atoms with Gasteiger partial charge in [-0.3, -0.25) is 9.59 Å². The molecule has 0 saturated carbocycles. The van der Waals surface area contributed by atoms with Gasteiger partial charge in [-0.15, -0.1) is 0 Å². The number of carbonyl (C=O) groups excluding carboxylic acids is 2. The molecule has 1 aliphatic rings. The molecule has 0 spiro atoms. The number of amides is 2. The van der Waals surface area contributed by atoms with Crippen molar-refractivity contribution >= 4 is 11.8 Å². The largest absolute Gasteiger partial charge is 0.343 e. The number of hydrogen-bond donors (Lipinski definition) is 1. The second-order valence-corrected chi connectivity index (χ2v) is 5.54. The van der Waals surface area contributed by atoms with Crippen LogP contribution in [0.5, 0.6) is 0 Å². The summed E-state index contributed by atoms with van der Waals surface area (Å²) in [4.78, 5) is 25.6. The van der Waals surface area contributed by atoms with Crippen LogP contribution in [0.4, 0.5) is 0 Å². The monoisotopic (exact) mass is 274 g/mol. The molecule has 1 saturated heterocycles. The maximum absolute atomic E-state index is 12.1. The number of nitrogens with zero attached hydrogens (tertiary/aromatic N) is 1. The normalized spacial score (nSPS) is 24.4. The average molecular weight is 274 g/mol. The highest BCUT2D eigenvalue weighted by atomic mass is 16.2. The van der Waals surface area contributed by atoms with E-state index in [1.165, 1.54) is 5.56 Å². The molecule has 3 atom stereocenters. The molecule has 20 heavy (non-hydrogen) atoms. The summed E-state index contributed by atoms with van der Waals surface area (Å²) in [7, 11) is 0. The van der Waals surface area contributed by atoms with Gasteiger partial charge in [0.15, 0.2) is 0 Å². The van der Waals surface area contributed by atoms with Crippen LogP contribution in [0.1, 0.15) is 38.7 Å². The first kappa shape index (κ1) is 14.6. The van der Waals surface area contributed by atoms with E-state index < -0.39 is 6.04 Å². The van der Waals surface area contributed by atoms with Crippen molar-refractivity contribution in [2.45, 2.75) is 45.2 Å². The number of rotatable bonds is 4. The quantitative estimate of drug-likeness (QED) is 0.912. The lowest BCUT2D eigenvalue weighted by atomic mass is 9.97. The molecule has 0 bridgehead atoms. The third-order valence-electron chi connectivity index (χ3n) is 4.03. The summed E-state index contributed by atoms with van der Waals surface area (Å²) in [5.41, 5.74) is 1.27. The fourth-order valence-electron chi connectivity index (χ4n) is 2.56. The van der Waals surface area contributed by atoms with Crippen LogP contribution >= 0.6 is 0 Å². The lowest BCUT2D eigenvalue weighted by molar-refractivity contribution is -0.148. The first-order valence-corrected chi connectivity index (χ1v) is 7.16. The molecule has 2 rings (SSSR count). The van der Waals surface area contributed by atoms with Crippen molar-refractivity contribution in [2.24, 2.45) is 0 Å². The van der Waals surface area contributed by atoms with E-state index in [0.717, 1.165) is 6.42 Å². The van der Waals surface area contributed by atoms with E-state index in [4.69, 9.17) is 0 Å². The van der Waals surface area contributed by atoms with E-state index in [9.17, 15) is 9.59 Å². The van der Waals surface area contributed by atoms with Gasteiger partial charge in [-0.25, -0.2) is 0 Å². The Balaban J connectivity index is 1.98. The van der Waals surface area contributed by atoms with Crippen molar-refractivity contribution in [1.29, 1.82) is 0 Å². The van der Waals surface area contributed by atoms with Gasteiger partial charge in [0.1, 0.15) is 12.1 Å². The molecule has 1 aromatic carbocycles. The van der Waals surface area contributed by atoms with Crippen molar-refractivity contribution in [3.8, 4) is 0 Å². The Kier molecular flexibility index (Phi) is 4.42. The number of nitrogens with one attached hydrogen (secondary N) is 1. The molecule has 1 fully saturated rings. The van der Waals surface area contributed by atoms with Crippen LogP contribution in [0.25, 0.3) is 0 Å². The molecule has 0 aromatic heterocycles. The lowest BCUT2D eigenvalue weighted by Gasteiger charge is -2.36. The number of piperazine rings is 1. The minimum absolute atomic E-state index is 0.0114. The van der Waals surface area contributed by atoms with Crippen LogP contribution in [0.15, 0.2) is 30.3 Å². The Morgan fingerprint density at radius 1 is 1.20 bits per heavy atom. The van der Waals surface area contributed by atoms with Gasteiger partial charge in [0, 0.05) is 6.54 Å². The van der Waals surface area contributed by atoms with Crippen LogP contribution < -0.4 is 5.32 Å². The van der Waals surface area contributed by atoms with Gasteiger partial charge >= 0.3 is 0 Å². The zero-order valence-electron chi connectivity index (χ0n) is 12.3. The van der Waals surface area contributed by atoms with Gasteiger partial charge in [-0.1, -0.05) is 37.3 Å². The van der Waals surface area contributed by atoms with Crippen LogP contribution in [0.3, 0.4) is 0 Å². The summed E-state index contributed by atoms with van der Waals surface area (Å²) in [6.07, 6.45) is 0.861. The van der Waals surface area contributed by atoms with Crippen molar-refractivity contribution in [1.82, 2.24) is 10.2 Å². The van der Waals surface area contributed by atoms with E-state index in [-0.39, 0.29) is 17.9 Å². The minimum atomic E-state index is -0.411. The molecule has 3 unspecified atom stereocenters. The van der Waals surface area contributed by atoms with E-state index >= 15 is 0 Å². The first-order valence-electron chi connectivity index (χ1n) is 7.16. The van der Waals surface area contributed by atoms with Gasteiger partial charge in [0.25, 0.3) is 0 Å². The SMILES string of the molecule is CC1NC(=O)C(C)N(CCC(C)c2ccccc2)C1=O. The summed E-state index contributed by atoms with van der Waals surface area (Å²) in [5.74, 6) is 0.318. The fourth-order valence-corrected chi connectivity index (χ4v) is 2.56. The van der Waals surface area contributed by atoms with Crippen LogP contribution in [0, 0.1) is 0 Å². The fraction of sp³-hybridized carbons (Fsp3) is 0.500. The molecule has 4 heteroatoms. The van der Waals surface area contributed by atoms with Crippen molar-refractivity contribution in [3.05, 3.63) is 35.9 Å². The Hall–Kier alpha value is -1.84. The molecule has 1 heterocycles. The van der Waals surface area contributed by atoms with Crippen molar-refractivity contribution in [3.63, 3.8) is 0 Å². The highest BCUT2D eigenvalue weighted by Gasteiger charge is 2.35. The maximum atomic E-state index is 12.1.